The highest BCUT2D eigenvalue weighted by molar-refractivity contribution is 9.10. The minimum Gasteiger partial charge on any atom is -0.339 e. The van der Waals surface area contributed by atoms with Gasteiger partial charge in [-0.15, -0.1) is 0 Å². The molecule has 1 atom stereocenters. The Kier molecular flexibility index (Phi) is 5.50. The Morgan fingerprint density at radius 2 is 2.00 bits per heavy atom. The Labute approximate surface area is 156 Å². The predicted octanol–water partition coefficient (Wildman–Crippen LogP) is 4.28. The standard InChI is InChI=1S/C16H15BrClF3N4/c17-12-7-23-15(24-8-12)25-4-3-13(9-25)22-6-10-5-11(16(19,20)21)1-2-14(10)18/h1-2,5,7-8,13,22H,3-4,6,9H2/t13-/m0/s1. The zero-order valence-corrected chi connectivity index (χ0v) is 15.4. The molecule has 1 aromatic heterocycles. The first-order valence-corrected chi connectivity index (χ1v) is 8.81. The van der Waals surface area contributed by atoms with Crippen LogP contribution in [0, 0.1) is 0 Å². The summed E-state index contributed by atoms with van der Waals surface area (Å²) in [5.74, 6) is 0.643. The normalized spacial score (nSPS) is 18.0. The molecule has 0 aliphatic carbocycles. The van der Waals surface area contributed by atoms with Crippen LogP contribution in [0.4, 0.5) is 19.1 Å². The van der Waals surface area contributed by atoms with E-state index in [-0.39, 0.29) is 12.6 Å². The number of anilines is 1. The molecule has 0 bridgehead atoms. The van der Waals surface area contributed by atoms with Gasteiger partial charge in [0, 0.05) is 43.1 Å². The monoisotopic (exact) mass is 434 g/mol. The molecule has 1 aliphatic rings. The number of halogens is 5. The van der Waals surface area contributed by atoms with Gasteiger partial charge in [-0.1, -0.05) is 11.6 Å². The van der Waals surface area contributed by atoms with Gasteiger partial charge in [0.05, 0.1) is 10.0 Å². The third-order valence-corrected chi connectivity index (χ3v) is 4.81. The van der Waals surface area contributed by atoms with Crippen LogP contribution >= 0.6 is 27.5 Å². The van der Waals surface area contributed by atoms with Gasteiger partial charge in [0.2, 0.25) is 5.95 Å². The summed E-state index contributed by atoms with van der Waals surface area (Å²) in [4.78, 5) is 10.6. The molecular weight excluding hydrogens is 421 g/mol. The number of aromatic nitrogens is 2. The minimum absolute atomic E-state index is 0.137. The average Bonchev–Trinajstić information content (AvgIpc) is 3.02. The van der Waals surface area contributed by atoms with Gasteiger partial charge in [-0.2, -0.15) is 13.2 Å². The van der Waals surface area contributed by atoms with Crippen LogP contribution in [-0.4, -0.2) is 29.1 Å². The molecule has 0 unspecified atom stereocenters. The summed E-state index contributed by atoms with van der Waals surface area (Å²) in [6, 6.07) is 3.52. The van der Waals surface area contributed by atoms with Crippen LogP contribution in [0.2, 0.25) is 5.02 Å². The molecule has 1 aliphatic heterocycles. The van der Waals surface area contributed by atoms with E-state index in [2.05, 4.69) is 31.2 Å². The topological polar surface area (TPSA) is 41.0 Å². The molecule has 134 valence electrons. The van der Waals surface area contributed by atoms with Gasteiger partial charge >= 0.3 is 6.18 Å². The van der Waals surface area contributed by atoms with E-state index in [1.165, 1.54) is 6.07 Å². The van der Waals surface area contributed by atoms with E-state index in [1.54, 1.807) is 12.4 Å². The number of alkyl halides is 3. The summed E-state index contributed by atoms with van der Waals surface area (Å²) < 4.78 is 39.3. The van der Waals surface area contributed by atoms with Crippen LogP contribution in [0.25, 0.3) is 0 Å². The number of rotatable bonds is 4. The lowest BCUT2D eigenvalue weighted by molar-refractivity contribution is -0.137. The molecule has 0 spiro atoms. The fourth-order valence-electron chi connectivity index (χ4n) is 2.72. The molecule has 2 heterocycles. The van der Waals surface area contributed by atoms with Crippen molar-refractivity contribution in [2.24, 2.45) is 0 Å². The lowest BCUT2D eigenvalue weighted by Crippen LogP contribution is -2.32. The maximum Gasteiger partial charge on any atom is 0.416 e. The number of hydrogen-bond donors (Lipinski definition) is 1. The zero-order chi connectivity index (χ0) is 18.0. The van der Waals surface area contributed by atoms with E-state index < -0.39 is 11.7 Å². The number of hydrogen-bond acceptors (Lipinski definition) is 4. The van der Waals surface area contributed by atoms with Crippen molar-refractivity contribution in [2.75, 3.05) is 18.0 Å². The summed E-state index contributed by atoms with van der Waals surface area (Å²) in [6.07, 6.45) is -0.143. The molecule has 0 saturated carbocycles. The van der Waals surface area contributed by atoms with Crippen LogP contribution in [0.5, 0.6) is 0 Å². The van der Waals surface area contributed by atoms with Crippen molar-refractivity contribution in [3.8, 4) is 0 Å². The van der Waals surface area contributed by atoms with Crippen LogP contribution in [0.15, 0.2) is 35.1 Å². The van der Waals surface area contributed by atoms with Crippen molar-refractivity contribution < 1.29 is 13.2 Å². The minimum atomic E-state index is -4.37. The first-order chi connectivity index (χ1) is 11.8. The molecule has 1 saturated heterocycles. The molecule has 25 heavy (non-hydrogen) atoms. The van der Waals surface area contributed by atoms with Crippen molar-refractivity contribution in [1.82, 2.24) is 15.3 Å². The molecule has 9 heteroatoms. The molecular formula is C16H15BrClF3N4. The quantitative estimate of drug-likeness (QED) is 0.778. The summed E-state index contributed by atoms with van der Waals surface area (Å²) in [6.45, 7) is 1.76. The van der Waals surface area contributed by atoms with Gasteiger partial charge in [-0.25, -0.2) is 9.97 Å². The summed E-state index contributed by atoms with van der Waals surface area (Å²) in [5, 5.41) is 3.60. The highest BCUT2D eigenvalue weighted by Crippen LogP contribution is 2.31. The van der Waals surface area contributed by atoms with E-state index in [9.17, 15) is 13.2 Å². The lowest BCUT2D eigenvalue weighted by Gasteiger charge is -2.17. The second kappa shape index (κ2) is 7.47. The van der Waals surface area contributed by atoms with Crippen molar-refractivity contribution >= 4 is 33.5 Å². The molecule has 1 aromatic carbocycles. The zero-order valence-electron chi connectivity index (χ0n) is 13.0. The fraction of sp³-hybridized carbons (Fsp3) is 0.375. The second-order valence-electron chi connectivity index (χ2n) is 5.82. The predicted molar refractivity (Wildman–Crippen MR) is 93.6 cm³/mol. The maximum absolute atomic E-state index is 12.8. The largest absolute Gasteiger partial charge is 0.416 e. The highest BCUT2D eigenvalue weighted by atomic mass is 79.9. The fourth-order valence-corrected chi connectivity index (χ4v) is 3.11. The SMILES string of the molecule is FC(F)(F)c1ccc(Cl)c(CN[C@H]2CCN(c3ncc(Br)cn3)C2)c1. The third kappa shape index (κ3) is 4.62. The van der Waals surface area contributed by atoms with Crippen LogP contribution < -0.4 is 10.2 Å². The Bertz CT molecular complexity index is 739. The van der Waals surface area contributed by atoms with Crippen molar-refractivity contribution in [2.45, 2.75) is 25.2 Å². The number of nitrogens with zero attached hydrogens (tertiary/aromatic N) is 3. The van der Waals surface area contributed by atoms with E-state index >= 15 is 0 Å². The van der Waals surface area contributed by atoms with E-state index in [0.29, 0.717) is 23.1 Å². The summed E-state index contributed by atoms with van der Waals surface area (Å²) >= 11 is 9.32. The van der Waals surface area contributed by atoms with Gasteiger partial charge in [-0.05, 0) is 46.1 Å². The summed E-state index contributed by atoms with van der Waals surface area (Å²) in [5.41, 5.74) is -0.250. The van der Waals surface area contributed by atoms with Crippen LogP contribution in [0.3, 0.4) is 0 Å². The van der Waals surface area contributed by atoms with Crippen molar-refractivity contribution in [3.05, 3.63) is 51.2 Å². The molecule has 1 N–H and O–H groups in total. The molecule has 0 amide bonds. The van der Waals surface area contributed by atoms with Gasteiger partial charge in [0.1, 0.15) is 0 Å². The second-order valence-corrected chi connectivity index (χ2v) is 7.14. The van der Waals surface area contributed by atoms with E-state index in [1.807, 2.05) is 4.90 Å². The first-order valence-electron chi connectivity index (χ1n) is 7.64. The van der Waals surface area contributed by atoms with Gasteiger partial charge in [-0.3, -0.25) is 0 Å². The Balaban J connectivity index is 1.60. The van der Waals surface area contributed by atoms with Crippen LogP contribution in [-0.2, 0) is 12.7 Å². The Morgan fingerprint density at radius 3 is 2.68 bits per heavy atom. The molecule has 0 radical (unpaired) electrons. The van der Waals surface area contributed by atoms with Gasteiger partial charge < -0.3 is 10.2 Å². The maximum atomic E-state index is 12.8. The first kappa shape index (κ1) is 18.4. The molecule has 4 nitrogen and oxygen atoms in total. The third-order valence-electron chi connectivity index (χ3n) is 4.03. The molecule has 1 fully saturated rings. The van der Waals surface area contributed by atoms with E-state index in [0.717, 1.165) is 29.6 Å². The number of benzene rings is 1. The van der Waals surface area contributed by atoms with Crippen molar-refractivity contribution in [1.29, 1.82) is 0 Å². The van der Waals surface area contributed by atoms with Gasteiger partial charge in [0.15, 0.2) is 0 Å². The summed E-state index contributed by atoms with van der Waals surface area (Å²) in [7, 11) is 0. The molecule has 3 rings (SSSR count). The lowest BCUT2D eigenvalue weighted by atomic mass is 10.1. The van der Waals surface area contributed by atoms with Crippen LogP contribution in [0.1, 0.15) is 17.5 Å². The Hall–Kier alpha value is -1.38. The van der Waals surface area contributed by atoms with Crippen molar-refractivity contribution in [3.63, 3.8) is 0 Å². The average molecular weight is 436 g/mol. The smallest absolute Gasteiger partial charge is 0.339 e. The van der Waals surface area contributed by atoms with Gasteiger partial charge in [0.25, 0.3) is 0 Å². The molecule has 2 aromatic rings. The Morgan fingerprint density at radius 1 is 1.28 bits per heavy atom. The van der Waals surface area contributed by atoms with E-state index in [4.69, 9.17) is 11.6 Å². The number of nitrogens with one attached hydrogen (secondary N) is 1. The highest BCUT2D eigenvalue weighted by Gasteiger charge is 2.31.